The van der Waals surface area contributed by atoms with E-state index in [-0.39, 0.29) is 28.3 Å². The van der Waals surface area contributed by atoms with Crippen molar-refractivity contribution >= 4 is 34.7 Å². The first-order valence-corrected chi connectivity index (χ1v) is 9.40. The molecule has 8 nitrogen and oxygen atoms in total. The Morgan fingerprint density at radius 2 is 1.78 bits per heavy atom. The highest BCUT2D eigenvalue weighted by Gasteiger charge is 2.51. The average molecular weight is 436 g/mol. The predicted octanol–water partition coefficient (Wildman–Crippen LogP) is 3.78. The van der Waals surface area contributed by atoms with Gasteiger partial charge in [-0.25, -0.2) is 18.6 Å². The molecule has 5 rings (SSSR count). The van der Waals surface area contributed by atoms with Gasteiger partial charge in [0.1, 0.15) is 11.6 Å². The number of aromatic amines is 1. The minimum absolute atomic E-state index is 0.0244. The molecule has 4 aromatic rings. The summed E-state index contributed by atoms with van der Waals surface area (Å²) in [6.07, 6.45) is -1.31. The number of benzene rings is 3. The summed E-state index contributed by atoms with van der Waals surface area (Å²) in [5, 5.41) is 22.9. The molecule has 1 atom stereocenters. The van der Waals surface area contributed by atoms with Gasteiger partial charge in [-0.05, 0) is 30.3 Å². The maximum absolute atomic E-state index is 14.0. The van der Waals surface area contributed by atoms with Crippen LogP contribution >= 0.6 is 0 Å². The third-order valence-corrected chi connectivity index (χ3v) is 5.28. The number of imidazole rings is 1. The maximum Gasteiger partial charge on any atom is 0.411 e. The number of H-pyrrole nitrogens is 1. The van der Waals surface area contributed by atoms with Crippen LogP contribution in [0.25, 0.3) is 11.0 Å². The summed E-state index contributed by atoms with van der Waals surface area (Å²) in [5.74, 6) is -2.47. The highest BCUT2D eigenvalue weighted by atomic mass is 19.1. The molecule has 1 aliphatic rings. The van der Waals surface area contributed by atoms with Crippen LogP contribution in [0.4, 0.5) is 25.2 Å². The number of hydrogen-bond acceptors (Lipinski definition) is 4. The van der Waals surface area contributed by atoms with Crippen LogP contribution in [0.3, 0.4) is 0 Å². The van der Waals surface area contributed by atoms with Crippen molar-refractivity contribution in [2.45, 2.75) is 5.72 Å². The molecule has 10 heteroatoms. The van der Waals surface area contributed by atoms with Crippen molar-refractivity contribution in [2.24, 2.45) is 0 Å². The van der Waals surface area contributed by atoms with E-state index in [0.717, 1.165) is 17.0 Å². The Balaban J connectivity index is 1.72. The van der Waals surface area contributed by atoms with Gasteiger partial charge in [-0.2, -0.15) is 0 Å². The number of aliphatic hydroxyl groups is 1. The summed E-state index contributed by atoms with van der Waals surface area (Å²) in [5.41, 5.74) is -0.878. The number of amides is 2. The van der Waals surface area contributed by atoms with Crippen LogP contribution in [0.2, 0.25) is 0 Å². The fraction of sp³-hybridized carbons (Fsp3) is 0.0455. The van der Waals surface area contributed by atoms with E-state index in [0.29, 0.717) is 17.1 Å². The second-order valence-corrected chi connectivity index (χ2v) is 7.23. The highest BCUT2D eigenvalue weighted by Crippen LogP contribution is 2.45. The highest BCUT2D eigenvalue weighted by molar-refractivity contribution is 6.12. The quantitative estimate of drug-likeness (QED) is 0.390. The van der Waals surface area contributed by atoms with Crippen LogP contribution in [-0.4, -0.2) is 32.2 Å². The van der Waals surface area contributed by atoms with Crippen molar-refractivity contribution in [1.29, 1.82) is 0 Å². The Morgan fingerprint density at radius 1 is 1.06 bits per heavy atom. The van der Waals surface area contributed by atoms with Crippen LogP contribution in [0.15, 0.2) is 60.7 Å². The molecule has 0 saturated carbocycles. The molecule has 2 amide bonds. The molecule has 0 spiro atoms. The third kappa shape index (κ3) is 2.88. The average Bonchev–Trinajstić information content (AvgIpc) is 3.23. The molecule has 0 bridgehead atoms. The number of fused-ring (bicyclic) bond motifs is 2. The van der Waals surface area contributed by atoms with E-state index < -0.39 is 29.4 Å². The Labute approximate surface area is 178 Å². The van der Waals surface area contributed by atoms with Crippen molar-refractivity contribution in [3.8, 4) is 0 Å². The number of carboxylic acid groups (broad SMARTS) is 1. The minimum Gasteiger partial charge on any atom is -0.465 e. The summed E-state index contributed by atoms with van der Waals surface area (Å²) < 4.78 is 28.0. The lowest BCUT2D eigenvalue weighted by molar-refractivity contribution is 0.0703. The maximum atomic E-state index is 14.0. The molecule has 1 unspecified atom stereocenters. The van der Waals surface area contributed by atoms with Gasteiger partial charge >= 0.3 is 6.09 Å². The second kappa shape index (κ2) is 6.86. The van der Waals surface area contributed by atoms with Crippen LogP contribution in [0.5, 0.6) is 0 Å². The van der Waals surface area contributed by atoms with E-state index in [1.165, 1.54) is 18.2 Å². The van der Waals surface area contributed by atoms with Gasteiger partial charge < -0.3 is 15.2 Å². The molecule has 32 heavy (non-hydrogen) atoms. The fourth-order valence-corrected chi connectivity index (χ4v) is 4.00. The van der Waals surface area contributed by atoms with E-state index in [2.05, 4.69) is 15.3 Å². The van der Waals surface area contributed by atoms with E-state index in [1.807, 2.05) is 0 Å². The molecule has 0 saturated heterocycles. The number of carbonyl (C=O) groups is 2. The lowest BCUT2D eigenvalue weighted by atomic mass is 9.93. The van der Waals surface area contributed by atoms with Crippen molar-refractivity contribution < 1.29 is 28.6 Å². The summed E-state index contributed by atoms with van der Waals surface area (Å²) in [7, 11) is 0. The third-order valence-electron chi connectivity index (χ3n) is 5.28. The van der Waals surface area contributed by atoms with Crippen molar-refractivity contribution in [3.05, 3.63) is 89.0 Å². The minimum atomic E-state index is -2.10. The Hall–Kier alpha value is -4.31. The standard InChI is InChI=1S/C22H14F2N4O4/c23-12-8-13(24)10-14(9-12)28-19(29)15-3-1-2-4-16(15)22(28,32)11-5-6-17-18(7-11)26-20(25-17)27-21(30)31/h1-10,32H,(H,30,31)(H2,25,26,27). The van der Waals surface area contributed by atoms with Crippen LogP contribution in [0, 0.1) is 11.6 Å². The van der Waals surface area contributed by atoms with Gasteiger partial charge in [-0.3, -0.25) is 15.0 Å². The van der Waals surface area contributed by atoms with Crippen molar-refractivity contribution in [2.75, 3.05) is 10.2 Å². The normalized spacial score (nSPS) is 17.6. The van der Waals surface area contributed by atoms with Gasteiger partial charge in [0.25, 0.3) is 5.91 Å². The number of nitrogens with zero attached hydrogens (tertiary/aromatic N) is 2. The predicted molar refractivity (Wildman–Crippen MR) is 110 cm³/mol. The van der Waals surface area contributed by atoms with E-state index in [4.69, 9.17) is 5.11 Å². The van der Waals surface area contributed by atoms with Gasteiger partial charge in [0.2, 0.25) is 5.95 Å². The monoisotopic (exact) mass is 436 g/mol. The molecule has 1 aliphatic heterocycles. The molecule has 1 aromatic heterocycles. The topological polar surface area (TPSA) is 119 Å². The Kier molecular flexibility index (Phi) is 4.21. The van der Waals surface area contributed by atoms with Crippen molar-refractivity contribution in [3.63, 3.8) is 0 Å². The van der Waals surface area contributed by atoms with Crippen LogP contribution < -0.4 is 10.2 Å². The number of halogens is 2. The van der Waals surface area contributed by atoms with Crippen molar-refractivity contribution in [1.82, 2.24) is 9.97 Å². The van der Waals surface area contributed by atoms with Gasteiger partial charge in [0.05, 0.1) is 16.7 Å². The molecule has 0 radical (unpaired) electrons. The zero-order valence-electron chi connectivity index (χ0n) is 16.1. The lowest BCUT2D eigenvalue weighted by Gasteiger charge is -2.34. The zero-order chi connectivity index (χ0) is 22.6. The molecular weight excluding hydrogens is 422 g/mol. The molecule has 4 N–H and O–H groups in total. The van der Waals surface area contributed by atoms with Gasteiger partial charge in [-0.15, -0.1) is 0 Å². The van der Waals surface area contributed by atoms with Gasteiger partial charge in [0, 0.05) is 22.8 Å². The summed E-state index contributed by atoms with van der Waals surface area (Å²) in [6.45, 7) is 0. The molecule has 0 aliphatic carbocycles. The van der Waals surface area contributed by atoms with Gasteiger partial charge in [0.15, 0.2) is 5.72 Å². The molecule has 2 heterocycles. The number of hydrogen-bond donors (Lipinski definition) is 4. The fourth-order valence-electron chi connectivity index (χ4n) is 4.00. The van der Waals surface area contributed by atoms with Crippen LogP contribution in [0.1, 0.15) is 21.5 Å². The zero-order valence-corrected chi connectivity index (χ0v) is 16.1. The Bertz CT molecular complexity index is 1400. The molecule has 0 fully saturated rings. The first kappa shape index (κ1) is 19.6. The van der Waals surface area contributed by atoms with Gasteiger partial charge in [-0.1, -0.05) is 24.3 Å². The summed E-state index contributed by atoms with van der Waals surface area (Å²) in [6, 6.07) is 13.4. The smallest absolute Gasteiger partial charge is 0.411 e. The summed E-state index contributed by atoms with van der Waals surface area (Å²) in [4.78, 5) is 31.9. The number of aromatic nitrogens is 2. The second-order valence-electron chi connectivity index (χ2n) is 7.23. The largest absolute Gasteiger partial charge is 0.465 e. The number of anilines is 2. The molecular formula is C22H14F2N4O4. The lowest BCUT2D eigenvalue weighted by Crippen LogP contribution is -2.45. The Morgan fingerprint density at radius 3 is 2.50 bits per heavy atom. The molecule has 160 valence electrons. The summed E-state index contributed by atoms with van der Waals surface area (Å²) >= 11 is 0. The van der Waals surface area contributed by atoms with E-state index in [1.54, 1.807) is 24.3 Å². The van der Waals surface area contributed by atoms with E-state index >= 15 is 0 Å². The number of carbonyl (C=O) groups excluding carboxylic acids is 1. The number of rotatable bonds is 3. The first-order chi connectivity index (χ1) is 15.3. The first-order valence-electron chi connectivity index (χ1n) is 9.40. The SMILES string of the molecule is O=C(O)Nc1nc2cc(C3(O)c4ccccc4C(=O)N3c3cc(F)cc(F)c3)ccc2[nH]1. The molecule has 3 aromatic carbocycles. The van der Waals surface area contributed by atoms with Crippen LogP contribution in [-0.2, 0) is 5.72 Å². The number of nitrogens with one attached hydrogen (secondary N) is 2. The van der Waals surface area contributed by atoms with E-state index in [9.17, 15) is 23.5 Å².